The lowest BCUT2D eigenvalue weighted by Gasteiger charge is -1.93. The van der Waals surface area contributed by atoms with Crippen LogP contribution in [0, 0.1) is 11.3 Å². The molecule has 0 atom stereocenters. The topological polar surface area (TPSA) is 70.3 Å². The average Bonchev–Trinajstić information content (AvgIpc) is 3.00. The summed E-state index contributed by atoms with van der Waals surface area (Å²) in [7, 11) is 1.90. The predicted molar refractivity (Wildman–Crippen MR) is 72.4 cm³/mol. The quantitative estimate of drug-likeness (QED) is 0.760. The summed E-state index contributed by atoms with van der Waals surface area (Å²) in [6.45, 7) is 2.07. The third-order valence-electron chi connectivity index (χ3n) is 3.11. The molecule has 3 aromatic rings. The molecule has 0 spiro atoms. The molecule has 19 heavy (non-hydrogen) atoms. The minimum absolute atomic E-state index is 0.629. The Labute approximate surface area is 110 Å². The van der Waals surface area contributed by atoms with Gasteiger partial charge in [0, 0.05) is 13.2 Å². The van der Waals surface area contributed by atoms with E-state index in [0.717, 1.165) is 34.5 Å². The number of hydrogen-bond acceptors (Lipinski definition) is 3. The molecule has 0 amide bonds. The monoisotopic (exact) mass is 251 g/mol. The Morgan fingerprint density at radius 1 is 1.42 bits per heavy atom. The van der Waals surface area contributed by atoms with Crippen LogP contribution < -0.4 is 0 Å². The lowest BCUT2D eigenvalue weighted by molar-refractivity contribution is 0.746. The number of aromatic nitrogens is 4. The van der Waals surface area contributed by atoms with Gasteiger partial charge >= 0.3 is 0 Å². The van der Waals surface area contributed by atoms with Crippen LogP contribution in [0.2, 0.25) is 0 Å². The summed E-state index contributed by atoms with van der Waals surface area (Å²) in [5.41, 5.74) is 4.39. The minimum Gasteiger partial charge on any atom is -0.338 e. The molecule has 0 radical (unpaired) electrons. The summed E-state index contributed by atoms with van der Waals surface area (Å²) in [5.74, 6) is 0.801. The van der Waals surface area contributed by atoms with Crippen molar-refractivity contribution in [1.29, 1.82) is 5.26 Å². The molecule has 2 heterocycles. The first kappa shape index (κ1) is 11.5. The predicted octanol–water partition coefficient (Wildman–Crippen LogP) is 2.40. The maximum atomic E-state index is 8.91. The molecule has 1 N–H and O–H groups in total. The van der Waals surface area contributed by atoms with E-state index in [4.69, 9.17) is 5.26 Å². The van der Waals surface area contributed by atoms with Crippen molar-refractivity contribution >= 4 is 11.0 Å². The highest BCUT2D eigenvalue weighted by Crippen LogP contribution is 2.23. The fourth-order valence-electron chi connectivity index (χ4n) is 2.20. The zero-order valence-electron chi connectivity index (χ0n) is 10.8. The van der Waals surface area contributed by atoms with Gasteiger partial charge in [-0.25, -0.2) is 4.98 Å². The van der Waals surface area contributed by atoms with E-state index in [-0.39, 0.29) is 0 Å². The largest absolute Gasteiger partial charge is 0.338 e. The lowest BCUT2D eigenvalue weighted by atomic mass is 10.2. The zero-order chi connectivity index (χ0) is 13.4. The van der Waals surface area contributed by atoms with Crippen molar-refractivity contribution in [2.45, 2.75) is 13.3 Å². The van der Waals surface area contributed by atoms with Crippen molar-refractivity contribution in [3.63, 3.8) is 0 Å². The molecule has 0 saturated heterocycles. The number of imidazole rings is 1. The number of rotatable bonds is 2. The molecule has 0 saturated carbocycles. The molecule has 0 unspecified atom stereocenters. The number of aryl methyl sites for hydroxylation is 2. The molecule has 0 fully saturated rings. The first-order chi connectivity index (χ1) is 9.21. The first-order valence-corrected chi connectivity index (χ1v) is 6.14. The van der Waals surface area contributed by atoms with Crippen LogP contribution in [-0.4, -0.2) is 19.7 Å². The van der Waals surface area contributed by atoms with Gasteiger partial charge in [0.05, 0.1) is 33.9 Å². The van der Waals surface area contributed by atoms with Crippen LogP contribution in [0.4, 0.5) is 0 Å². The number of nitrogens with zero attached hydrogens (tertiary/aromatic N) is 4. The Morgan fingerprint density at radius 2 is 2.26 bits per heavy atom. The van der Waals surface area contributed by atoms with Crippen molar-refractivity contribution in [3.8, 4) is 17.5 Å². The van der Waals surface area contributed by atoms with Gasteiger partial charge in [-0.2, -0.15) is 10.4 Å². The van der Waals surface area contributed by atoms with E-state index in [1.807, 2.05) is 25.4 Å². The molecule has 2 aromatic heterocycles. The third kappa shape index (κ3) is 1.87. The second-order valence-electron chi connectivity index (χ2n) is 4.45. The number of benzene rings is 1. The van der Waals surface area contributed by atoms with Crippen LogP contribution in [0.3, 0.4) is 0 Å². The van der Waals surface area contributed by atoms with E-state index >= 15 is 0 Å². The second kappa shape index (κ2) is 4.25. The number of aromatic amines is 1. The summed E-state index contributed by atoms with van der Waals surface area (Å²) in [5, 5.41) is 13.3. The highest BCUT2D eigenvalue weighted by atomic mass is 15.3. The van der Waals surface area contributed by atoms with Gasteiger partial charge in [-0.1, -0.05) is 6.92 Å². The van der Waals surface area contributed by atoms with E-state index in [1.54, 1.807) is 10.7 Å². The maximum absolute atomic E-state index is 8.91. The Kier molecular flexibility index (Phi) is 2.57. The molecule has 1 aromatic carbocycles. The van der Waals surface area contributed by atoms with E-state index in [9.17, 15) is 0 Å². The van der Waals surface area contributed by atoms with Crippen molar-refractivity contribution in [2.24, 2.45) is 7.05 Å². The fourth-order valence-corrected chi connectivity index (χ4v) is 2.20. The van der Waals surface area contributed by atoms with Crippen molar-refractivity contribution < 1.29 is 0 Å². The van der Waals surface area contributed by atoms with Gasteiger partial charge in [0.25, 0.3) is 0 Å². The van der Waals surface area contributed by atoms with Crippen LogP contribution in [0.5, 0.6) is 0 Å². The first-order valence-electron chi connectivity index (χ1n) is 6.14. The lowest BCUT2D eigenvalue weighted by Crippen LogP contribution is -1.89. The molecule has 0 aliphatic heterocycles. The average molecular weight is 251 g/mol. The van der Waals surface area contributed by atoms with Crippen molar-refractivity contribution in [2.75, 3.05) is 0 Å². The molecule has 0 aliphatic rings. The number of nitrogens with one attached hydrogen (secondary N) is 1. The van der Waals surface area contributed by atoms with Crippen LogP contribution in [0.1, 0.15) is 18.2 Å². The second-order valence-corrected chi connectivity index (χ2v) is 4.45. The number of H-pyrrole nitrogens is 1. The summed E-state index contributed by atoms with van der Waals surface area (Å²) in [6, 6.07) is 7.58. The van der Waals surface area contributed by atoms with Gasteiger partial charge in [-0.05, 0) is 24.6 Å². The third-order valence-corrected chi connectivity index (χ3v) is 3.11. The van der Waals surface area contributed by atoms with Gasteiger partial charge < -0.3 is 4.98 Å². The van der Waals surface area contributed by atoms with E-state index in [0.29, 0.717) is 5.56 Å². The minimum atomic E-state index is 0.629. The summed E-state index contributed by atoms with van der Waals surface area (Å²) < 4.78 is 1.79. The Bertz CT molecular complexity index is 788. The van der Waals surface area contributed by atoms with Gasteiger partial charge in [0.15, 0.2) is 0 Å². The maximum Gasteiger partial charge on any atom is 0.141 e. The molecule has 94 valence electrons. The van der Waals surface area contributed by atoms with Crippen molar-refractivity contribution in [1.82, 2.24) is 19.7 Å². The summed E-state index contributed by atoms with van der Waals surface area (Å²) in [6.07, 6.45) is 2.82. The number of nitriles is 1. The smallest absolute Gasteiger partial charge is 0.141 e. The molecule has 0 bridgehead atoms. The number of hydrogen-bond donors (Lipinski definition) is 1. The van der Waals surface area contributed by atoms with E-state index in [1.165, 1.54) is 0 Å². The molecule has 5 heteroatoms. The molecule has 0 aliphatic carbocycles. The summed E-state index contributed by atoms with van der Waals surface area (Å²) >= 11 is 0. The van der Waals surface area contributed by atoms with E-state index in [2.05, 4.69) is 28.1 Å². The normalized spacial score (nSPS) is 10.8. The Hall–Kier alpha value is -2.61. The summed E-state index contributed by atoms with van der Waals surface area (Å²) in [4.78, 5) is 7.82. The molecular formula is C14H13N5. The molecule has 3 rings (SSSR count). The Balaban J connectivity index is 2.17. The molecule has 5 nitrogen and oxygen atoms in total. The SMILES string of the molecule is CCc1nn(C)cc1-c1nc2ccc(C#N)cc2[nH]1. The highest BCUT2D eigenvalue weighted by molar-refractivity contribution is 5.80. The van der Waals surface area contributed by atoms with Gasteiger partial charge in [0.2, 0.25) is 0 Å². The van der Waals surface area contributed by atoms with Crippen LogP contribution in [0.25, 0.3) is 22.4 Å². The van der Waals surface area contributed by atoms with Crippen LogP contribution in [-0.2, 0) is 13.5 Å². The zero-order valence-corrected chi connectivity index (χ0v) is 10.8. The molecular weight excluding hydrogens is 238 g/mol. The standard InChI is InChI=1S/C14H13N5/c1-3-11-10(8-19(2)18-11)14-16-12-5-4-9(7-15)6-13(12)17-14/h4-6,8H,3H2,1-2H3,(H,16,17). The Morgan fingerprint density at radius 3 is 3.00 bits per heavy atom. The fraction of sp³-hybridized carbons (Fsp3) is 0.214. The van der Waals surface area contributed by atoms with Crippen LogP contribution >= 0.6 is 0 Å². The van der Waals surface area contributed by atoms with Crippen molar-refractivity contribution in [3.05, 3.63) is 35.7 Å². The van der Waals surface area contributed by atoms with E-state index < -0.39 is 0 Å². The van der Waals surface area contributed by atoms with Crippen LogP contribution in [0.15, 0.2) is 24.4 Å². The van der Waals surface area contributed by atoms with Gasteiger partial charge in [-0.3, -0.25) is 4.68 Å². The van der Waals surface area contributed by atoms with Gasteiger partial charge in [0.1, 0.15) is 5.82 Å². The number of fused-ring (bicyclic) bond motifs is 1. The van der Waals surface area contributed by atoms with Gasteiger partial charge in [-0.15, -0.1) is 0 Å². The highest BCUT2D eigenvalue weighted by Gasteiger charge is 2.12.